The first kappa shape index (κ1) is 31.5. The fourth-order valence-corrected chi connectivity index (χ4v) is 6.10. The fourth-order valence-electron chi connectivity index (χ4n) is 4.17. The highest BCUT2D eigenvalue weighted by molar-refractivity contribution is 7.92. The van der Waals surface area contributed by atoms with Crippen LogP contribution in [0, 0.1) is 13.8 Å². The molecule has 2 aromatic rings. The Balaban J connectivity index is 0.00000120. The monoisotopic (exact) mass is 517 g/mol. The zero-order chi connectivity index (χ0) is 27.3. The number of nitrogens with zero attached hydrogens (tertiary/aromatic N) is 2. The maximum Gasteiger partial charge on any atom is 0.233 e. The third-order valence-corrected chi connectivity index (χ3v) is 7.95. The van der Waals surface area contributed by atoms with Gasteiger partial charge in [-0.1, -0.05) is 58.4 Å². The SMILES string of the molecule is C/C=C\c1c(Cc2ccc(S(=O)(=O)C3CCNCC3N(O)C=O)cc2)cc(C)nc1C.CC.CCC. The molecule has 0 aliphatic carbocycles. The number of hydrogen-bond donors (Lipinski definition) is 2. The van der Waals surface area contributed by atoms with Gasteiger partial charge in [-0.3, -0.25) is 15.0 Å². The predicted molar refractivity (Wildman–Crippen MR) is 147 cm³/mol. The Hall–Kier alpha value is -2.55. The Bertz CT molecular complexity index is 1080. The van der Waals surface area contributed by atoms with Gasteiger partial charge in [-0.15, -0.1) is 0 Å². The molecule has 2 unspecified atom stereocenters. The average Bonchev–Trinajstić information content (AvgIpc) is 2.87. The van der Waals surface area contributed by atoms with Crippen molar-refractivity contribution in [3.63, 3.8) is 0 Å². The van der Waals surface area contributed by atoms with Crippen LogP contribution >= 0.6 is 0 Å². The van der Waals surface area contributed by atoms with E-state index in [4.69, 9.17) is 0 Å². The van der Waals surface area contributed by atoms with Crippen LogP contribution in [0.3, 0.4) is 0 Å². The molecular weight excluding hydrogens is 474 g/mol. The number of carbonyl (C=O) groups is 1. The minimum Gasteiger partial charge on any atom is -0.314 e. The number of carbonyl (C=O) groups excluding carboxylic acids is 1. The standard InChI is InChI=1S/C23H29N3O4S.C3H8.C2H6/c1-4-5-21-17(3)25-16(2)12-19(21)13-18-6-8-20(9-7-18)31(29,30)23-10-11-24-14-22(23)26(28)15-27;1-3-2;1-2/h4-9,12,15,22-24,28H,10-11,13-14H2,1-3H3;3H2,1-2H3;1-2H3/b5-4-;;. The molecular formula is C28H43N3O4S. The summed E-state index contributed by atoms with van der Waals surface area (Å²) in [4.78, 5) is 15.7. The summed E-state index contributed by atoms with van der Waals surface area (Å²) in [6, 6.07) is 8.11. The lowest BCUT2D eigenvalue weighted by atomic mass is 9.98. The molecule has 0 saturated carbocycles. The Labute approximate surface area is 217 Å². The summed E-state index contributed by atoms with van der Waals surface area (Å²) in [7, 11) is -3.71. The van der Waals surface area contributed by atoms with E-state index in [2.05, 4.69) is 30.2 Å². The van der Waals surface area contributed by atoms with E-state index in [9.17, 15) is 18.4 Å². The second-order valence-electron chi connectivity index (χ2n) is 8.58. The molecule has 1 aromatic carbocycles. The second kappa shape index (κ2) is 15.5. The average molecular weight is 518 g/mol. The highest BCUT2D eigenvalue weighted by atomic mass is 32.2. The molecule has 36 heavy (non-hydrogen) atoms. The molecule has 0 bridgehead atoms. The summed E-state index contributed by atoms with van der Waals surface area (Å²) in [6.07, 6.45) is 6.51. The minimum atomic E-state index is -3.71. The number of sulfone groups is 1. The number of allylic oxidation sites excluding steroid dienone is 1. The van der Waals surface area contributed by atoms with Crippen LogP contribution in [0.1, 0.15) is 75.5 Å². The van der Waals surface area contributed by atoms with Gasteiger partial charge in [0.05, 0.1) is 16.2 Å². The first-order valence-corrected chi connectivity index (χ1v) is 14.3. The highest BCUT2D eigenvalue weighted by Crippen LogP contribution is 2.26. The number of nitrogens with one attached hydrogen (secondary N) is 1. The number of rotatable bonds is 7. The van der Waals surface area contributed by atoms with Gasteiger partial charge in [-0.25, -0.2) is 13.5 Å². The number of benzene rings is 1. The van der Waals surface area contributed by atoms with E-state index in [1.165, 1.54) is 6.42 Å². The first-order chi connectivity index (χ1) is 17.2. The molecule has 1 amide bonds. The van der Waals surface area contributed by atoms with Crippen LogP contribution in [0.2, 0.25) is 0 Å². The number of aromatic nitrogens is 1. The number of aryl methyl sites for hydroxylation is 2. The molecule has 1 fully saturated rings. The molecule has 2 atom stereocenters. The zero-order valence-corrected chi connectivity index (χ0v) is 23.6. The van der Waals surface area contributed by atoms with Gasteiger partial charge >= 0.3 is 0 Å². The Morgan fingerprint density at radius 1 is 1.17 bits per heavy atom. The number of pyridine rings is 1. The van der Waals surface area contributed by atoms with E-state index in [1.807, 2.05) is 58.9 Å². The lowest BCUT2D eigenvalue weighted by molar-refractivity contribution is -0.161. The van der Waals surface area contributed by atoms with Crippen molar-refractivity contribution in [2.24, 2.45) is 0 Å². The Kier molecular flexibility index (Phi) is 13.6. The van der Waals surface area contributed by atoms with Gasteiger partial charge in [-0.2, -0.15) is 0 Å². The maximum atomic E-state index is 13.2. The minimum absolute atomic E-state index is 0.197. The molecule has 7 nitrogen and oxygen atoms in total. The molecule has 0 radical (unpaired) electrons. The Morgan fingerprint density at radius 3 is 2.33 bits per heavy atom. The van der Waals surface area contributed by atoms with Gasteiger partial charge in [0.25, 0.3) is 0 Å². The molecule has 3 rings (SSSR count). The Morgan fingerprint density at radius 2 is 1.78 bits per heavy atom. The van der Waals surface area contributed by atoms with Crippen LogP contribution < -0.4 is 5.32 Å². The van der Waals surface area contributed by atoms with Gasteiger partial charge in [-0.05, 0) is 75.0 Å². The van der Waals surface area contributed by atoms with Crippen LogP contribution in [0.15, 0.2) is 41.3 Å². The molecule has 2 heterocycles. The number of hydrogen-bond acceptors (Lipinski definition) is 6. The van der Waals surface area contributed by atoms with E-state index in [0.29, 0.717) is 24.4 Å². The first-order valence-electron chi connectivity index (χ1n) is 12.7. The van der Waals surface area contributed by atoms with Gasteiger partial charge in [0, 0.05) is 17.9 Å². The fraction of sp³-hybridized carbons (Fsp3) is 0.500. The van der Waals surface area contributed by atoms with Crippen LogP contribution in [0.5, 0.6) is 0 Å². The number of amides is 1. The quantitative estimate of drug-likeness (QED) is 0.301. The van der Waals surface area contributed by atoms with Crippen LogP contribution in [0.25, 0.3) is 6.08 Å². The van der Waals surface area contributed by atoms with Crippen LogP contribution in [-0.2, 0) is 21.1 Å². The lowest BCUT2D eigenvalue weighted by Gasteiger charge is -2.34. The predicted octanol–water partition coefficient (Wildman–Crippen LogP) is 5.12. The molecule has 0 spiro atoms. The zero-order valence-electron chi connectivity index (χ0n) is 22.8. The summed E-state index contributed by atoms with van der Waals surface area (Å²) in [5.74, 6) is 0. The summed E-state index contributed by atoms with van der Waals surface area (Å²) >= 11 is 0. The van der Waals surface area contributed by atoms with Crippen molar-refractivity contribution in [3.8, 4) is 0 Å². The highest BCUT2D eigenvalue weighted by Gasteiger charge is 2.39. The van der Waals surface area contributed by atoms with E-state index in [1.54, 1.807) is 12.1 Å². The summed E-state index contributed by atoms with van der Waals surface area (Å²) in [5, 5.41) is 12.5. The smallest absolute Gasteiger partial charge is 0.233 e. The summed E-state index contributed by atoms with van der Waals surface area (Å²) < 4.78 is 26.4. The van der Waals surface area contributed by atoms with E-state index >= 15 is 0 Å². The van der Waals surface area contributed by atoms with Crippen LogP contribution in [-0.4, -0.2) is 54.5 Å². The molecule has 200 valence electrons. The second-order valence-corrected chi connectivity index (χ2v) is 10.7. The topological polar surface area (TPSA) is 99.6 Å². The molecule has 1 aliphatic rings. The van der Waals surface area contributed by atoms with Crippen molar-refractivity contribution in [2.45, 2.75) is 83.9 Å². The maximum absolute atomic E-state index is 13.2. The summed E-state index contributed by atoms with van der Waals surface area (Å²) in [5.41, 5.74) is 5.13. The lowest BCUT2D eigenvalue weighted by Crippen LogP contribution is -2.55. The van der Waals surface area contributed by atoms with Gasteiger partial charge < -0.3 is 5.32 Å². The van der Waals surface area contributed by atoms with Crippen molar-refractivity contribution in [1.29, 1.82) is 0 Å². The van der Waals surface area contributed by atoms with Crippen molar-refractivity contribution in [1.82, 2.24) is 15.4 Å². The van der Waals surface area contributed by atoms with Crippen molar-refractivity contribution >= 4 is 22.3 Å². The summed E-state index contributed by atoms with van der Waals surface area (Å²) in [6.45, 7) is 14.9. The normalized spacial score (nSPS) is 17.4. The molecule has 1 saturated heterocycles. The van der Waals surface area contributed by atoms with E-state index in [0.717, 1.165) is 28.1 Å². The van der Waals surface area contributed by atoms with Crippen molar-refractivity contribution in [3.05, 3.63) is 64.5 Å². The molecule has 8 heteroatoms. The van der Waals surface area contributed by atoms with Crippen molar-refractivity contribution < 1.29 is 18.4 Å². The van der Waals surface area contributed by atoms with Gasteiger partial charge in [0.2, 0.25) is 6.41 Å². The van der Waals surface area contributed by atoms with E-state index < -0.39 is 21.1 Å². The molecule has 2 N–H and O–H groups in total. The third kappa shape index (κ3) is 8.25. The number of hydroxylamine groups is 2. The van der Waals surface area contributed by atoms with Crippen LogP contribution in [0.4, 0.5) is 0 Å². The largest absolute Gasteiger partial charge is 0.314 e. The van der Waals surface area contributed by atoms with Gasteiger partial charge in [0.1, 0.15) is 0 Å². The van der Waals surface area contributed by atoms with E-state index in [-0.39, 0.29) is 17.9 Å². The number of piperidine rings is 1. The molecule has 1 aliphatic heterocycles. The third-order valence-electron chi connectivity index (χ3n) is 5.68. The van der Waals surface area contributed by atoms with Gasteiger partial charge in [0.15, 0.2) is 9.84 Å². The molecule has 1 aromatic heterocycles. The van der Waals surface area contributed by atoms with Crippen molar-refractivity contribution in [2.75, 3.05) is 13.1 Å².